The molecule has 1 N–H and O–H groups in total. The molecular formula is C19H20N4O3S. The van der Waals surface area contributed by atoms with Crippen LogP contribution >= 0.6 is 11.8 Å². The number of likely N-dealkylation sites (tertiary alicyclic amines) is 1. The molecule has 1 saturated heterocycles. The van der Waals surface area contributed by atoms with Crippen molar-refractivity contribution < 1.29 is 13.6 Å². The van der Waals surface area contributed by atoms with Crippen LogP contribution in [-0.2, 0) is 11.3 Å². The van der Waals surface area contributed by atoms with Crippen molar-refractivity contribution in [3.63, 3.8) is 0 Å². The Bertz CT molecular complexity index is 866. The summed E-state index contributed by atoms with van der Waals surface area (Å²) in [6.45, 7) is 2.77. The maximum atomic E-state index is 12.2. The number of nitrogens with zero attached hydrogens (tertiary/aromatic N) is 3. The Morgan fingerprint density at radius 2 is 2.11 bits per heavy atom. The molecule has 8 heteroatoms. The van der Waals surface area contributed by atoms with E-state index < -0.39 is 0 Å². The molecule has 0 radical (unpaired) electrons. The summed E-state index contributed by atoms with van der Waals surface area (Å²) in [5, 5.41) is 11.3. The second-order valence-corrected chi connectivity index (χ2v) is 7.34. The third-order valence-corrected chi connectivity index (χ3v) is 5.17. The molecule has 0 aliphatic carbocycles. The van der Waals surface area contributed by atoms with Crippen molar-refractivity contribution in [1.82, 2.24) is 20.4 Å². The number of nitrogens with one attached hydrogen (secondary N) is 1. The van der Waals surface area contributed by atoms with Crippen molar-refractivity contribution in [2.24, 2.45) is 0 Å². The molecule has 7 nitrogen and oxygen atoms in total. The molecule has 0 bridgehead atoms. The van der Waals surface area contributed by atoms with E-state index in [0.717, 1.165) is 26.1 Å². The van der Waals surface area contributed by atoms with Crippen molar-refractivity contribution in [2.45, 2.75) is 24.2 Å². The highest BCUT2D eigenvalue weighted by molar-refractivity contribution is 7.99. The number of thioether (sulfide) groups is 1. The summed E-state index contributed by atoms with van der Waals surface area (Å²) in [4.78, 5) is 14.6. The van der Waals surface area contributed by atoms with E-state index >= 15 is 0 Å². The van der Waals surface area contributed by atoms with Crippen LogP contribution in [0.4, 0.5) is 0 Å². The van der Waals surface area contributed by atoms with Gasteiger partial charge in [-0.15, -0.1) is 10.2 Å². The van der Waals surface area contributed by atoms with Gasteiger partial charge >= 0.3 is 0 Å². The molecule has 2 aromatic heterocycles. The van der Waals surface area contributed by atoms with Gasteiger partial charge in [0.15, 0.2) is 5.76 Å². The summed E-state index contributed by atoms with van der Waals surface area (Å²) in [5.41, 5.74) is 1.30. The molecule has 140 valence electrons. The number of aromatic nitrogens is 2. The normalized spacial score (nSPS) is 17.3. The summed E-state index contributed by atoms with van der Waals surface area (Å²) in [5.74, 6) is 1.05. The van der Waals surface area contributed by atoms with Crippen molar-refractivity contribution in [3.05, 3.63) is 54.3 Å². The SMILES string of the molecule is O=C(CSc1nnc(-c2ccco2)o1)NC1CCN(Cc2ccccc2)C1. The fourth-order valence-electron chi connectivity index (χ4n) is 3.10. The van der Waals surface area contributed by atoms with E-state index in [1.807, 2.05) is 6.07 Å². The van der Waals surface area contributed by atoms with Crippen molar-refractivity contribution in [1.29, 1.82) is 0 Å². The Morgan fingerprint density at radius 3 is 2.93 bits per heavy atom. The standard InChI is InChI=1S/C19H20N4O3S/c24-17(13-27-19-22-21-18(26-19)16-7-4-10-25-16)20-15-8-9-23(12-15)11-14-5-2-1-3-6-14/h1-7,10,15H,8-9,11-13H2,(H,20,24). The zero-order chi connectivity index (χ0) is 18.5. The third kappa shape index (κ3) is 4.78. The van der Waals surface area contributed by atoms with E-state index in [2.05, 4.69) is 44.7 Å². The first kappa shape index (κ1) is 17.8. The quantitative estimate of drug-likeness (QED) is 0.627. The highest BCUT2D eigenvalue weighted by Crippen LogP contribution is 2.23. The van der Waals surface area contributed by atoms with Crippen molar-refractivity contribution in [2.75, 3.05) is 18.8 Å². The van der Waals surface area contributed by atoms with Crippen molar-refractivity contribution >= 4 is 17.7 Å². The highest BCUT2D eigenvalue weighted by atomic mass is 32.2. The summed E-state index contributed by atoms with van der Waals surface area (Å²) in [6.07, 6.45) is 2.51. The van der Waals surface area contributed by atoms with E-state index in [9.17, 15) is 4.79 Å². The molecule has 1 amide bonds. The van der Waals surface area contributed by atoms with Gasteiger partial charge in [-0.3, -0.25) is 9.69 Å². The van der Waals surface area contributed by atoms with Gasteiger partial charge in [0.25, 0.3) is 11.1 Å². The number of carbonyl (C=O) groups is 1. The summed E-state index contributed by atoms with van der Waals surface area (Å²) < 4.78 is 10.7. The Kier molecular flexibility index (Phi) is 5.55. The monoisotopic (exact) mass is 384 g/mol. The van der Waals surface area contributed by atoms with E-state index in [0.29, 0.717) is 16.9 Å². The topological polar surface area (TPSA) is 84.4 Å². The smallest absolute Gasteiger partial charge is 0.284 e. The Morgan fingerprint density at radius 1 is 1.22 bits per heavy atom. The van der Waals surface area contributed by atoms with Gasteiger partial charge in [0.1, 0.15) is 0 Å². The lowest BCUT2D eigenvalue weighted by Crippen LogP contribution is -2.37. The summed E-state index contributed by atoms with van der Waals surface area (Å²) in [7, 11) is 0. The van der Waals surface area contributed by atoms with Crippen LogP contribution in [0.25, 0.3) is 11.7 Å². The maximum absolute atomic E-state index is 12.2. The van der Waals surface area contributed by atoms with Gasteiger partial charge in [0.05, 0.1) is 12.0 Å². The van der Waals surface area contributed by atoms with E-state index in [-0.39, 0.29) is 17.7 Å². The van der Waals surface area contributed by atoms with Crippen LogP contribution in [0.1, 0.15) is 12.0 Å². The minimum atomic E-state index is -0.0238. The van der Waals surface area contributed by atoms with Crippen molar-refractivity contribution in [3.8, 4) is 11.7 Å². The van der Waals surface area contributed by atoms with Crippen LogP contribution in [0, 0.1) is 0 Å². The first-order valence-corrected chi connectivity index (χ1v) is 9.80. The Balaban J connectivity index is 1.21. The van der Waals surface area contributed by atoms with Crippen LogP contribution < -0.4 is 5.32 Å². The van der Waals surface area contributed by atoms with Crippen LogP contribution in [-0.4, -0.2) is 45.9 Å². The van der Waals surface area contributed by atoms with Gasteiger partial charge in [-0.1, -0.05) is 42.1 Å². The fourth-order valence-corrected chi connectivity index (χ4v) is 3.67. The minimum absolute atomic E-state index is 0.0238. The second-order valence-electron chi connectivity index (χ2n) is 6.41. The maximum Gasteiger partial charge on any atom is 0.284 e. The first-order chi connectivity index (χ1) is 13.3. The Hall–Kier alpha value is -2.58. The molecule has 1 aliphatic heterocycles. The zero-order valence-corrected chi connectivity index (χ0v) is 15.5. The first-order valence-electron chi connectivity index (χ1n) is 8.82. The molecule has 1 atom stereocenters. The number of hydrogen-bond acceptors (Lipinski definition) is 7. The van der Waals surface area contributed by atoms with Crippen LogP contribution in [0.15, 0.2) is 62.8 Å². The van der Waals surface area contributed by atoms with Gasteiger partial charge in [-0.25, -0.2) is 0 Å². The minimum Gasteiger partial charge on any atom is -0.459 e. The second kappa shape index (κ2) is 8.41. The van der Waals surface area contributed by atoms with Crippen LogP contribution in [0.5, 0.6) is 0 Å². The van der Waals surface area contributed by atoms with Gasteiger partial charge in [-0.05, 0) is 24.1 Å². The van der Waals surface area contributed by atoms with E-state index in [1.165, 1.54) is 17.3 Å². The molecule has 1 aromatic carbocycles. The molecule has 4 rings (SSSR count). The molecule has 27 heavy (non-hydrogen) atoms. The highest BCUT2D eigenvalue weighted by Gasteiger charge is 2.24. The number of amides is 1. The molecule has 0 saturated carbocycles. The molecule has 1 fully saturated rings. The molecular weight excluding hydrogens is 364 g/mol. The fraction of sp³-hybridized carbons (Fsp3) is 0.316. The summed E-state index contributed by atoms with van der Waals surface area (Å²) >= 11 is 1.23. The molecule has 0 spiro atoms. The number of hydrogen-bond donors (Lipinski definition) is 1. The van der Waals surface area contributed by atoms with Gasteiger partial charge in [0, 0.05) is 25.7 Å². The molecule has 1 aliphatic rings. The van der Waals surface area contributed by atoms with Gasteiger partial charge in [0.2, 0.25) is 5.91 Å². The number of carbonyl (C=O) groups excluding carboxylic acids is 1. The lowest BCUT2D eigenvalue weighted by molar-refractivity contribution is -0.119. The molecule has 3 heterocycles. The van der Waals surface area contributed by atoms with Crippen LogP contribution in [0.2, 0.25) is 0 Å². The largest absolute Gasteiger partial charge is 0.459 e. The predicted octanol–water partition coefficient (Wildman–Crippen LogP) is 2.81. The van der Waals surface area contributed by atoms with E-state index in [4.69, 9.17) is 8.83 Å². The van der Waals surface area contributed by atoms with Crippen LogP contribution in [0.3, 0.4) is 0 Å². The lowest BCUT2D eigenvalue weighted by Gasteiger charge is -2.16. The average Bonchev–Trinajstić information content (AvgIpc) is 3.43. The number of furan rings is 1. The zero-order valence-electron chi connectivity index (χ0n) is 14.7. The summed E-state index contributed by atoms with van der Waals surface area (Å²) in [6, 6.07) is 14.1. The number of rotatable bonds is 7. The third-order valence-electron chi connectivity index (χ3n) is 4.35. The average molecular weight is 384 g/mol. The van der Waals surface area contributed by atoms with E-state index in [1.54, 1.807) is 18.4 Å². The molecule has 1 unspecified atom stereocenters. The predicted molar refractivity (Wildman–Crippen MR) is 101 cm³/mol. The Labute approximate surface area is 161 Å². The van der Waals surface area contributed by atoms with Gasteiger partial charge < -0.3 is 14.2 Å². The molecule has 3 aromatic rings. The number of benzene rings is 1. The van der Waals surface area contributed by atoms with Gasteiger partial charge in [-0.2, -0.15) is 0 Å². The lowest BCUT2D eigenvalue weighted by atomic mass is 10.2.